The van der Waals surface area contributed by atoms with E-state index in [1.807, 2.05) is 0 Å². The number of fused-ring (bicyclic) bond motifs is 1. The first-order valence-electron chi connectivity index (χ1n) is 6.14. The zero-order chi connectivity index (χ0) is 13.4. The van der Waals surface area contributed by atoms with E-state index in [-0.39, 0.29) is 11.9 Å². The van der Waals surface area contributed by atoms with Crippen LogP contribution in [0.25, 0.3) is 0 Å². The molecule has 1 aromatic heterocycles. The molecule has 100 valence electrons. The van der Waals surface area contributed by atoms with E-state index in [4.69, 9.17) is 11.6 Å². The lowest BCUT2D eigenvalue weighted by Gasteiger charge is -2.25. The SMILES string of the molecule is Fc1cccc(Cl)c1NC1CCCc2sc(Br)cc21. The van der Waals surface area contributed by atoms with Gasteiger partial charge in [0.05, 0.1) is 20.5 Å². The summed E-state index contributed by atoms with van der Waals surface area (Å²) in [5.74, 6) is -0.297. The highest BCUT2D eigenvalue weighted by Gasteiger charge is 2.24. The summed E-state index contributed by atoms with van der Waals surface area (Å²) in [4.78, 5) is 1.38. The van der Waals surface area contributed by atoms with Gasteiger partial charge < -0.3 is 5.32 Å². The Morgan fingerprint density at radius 3 is 3.05 bits per heavy atom. The Kier molecular flexibility index (Phi) is 3.83. The van der Waals surface area contributed by atoms with Crippen LogP contribution in [0, 0.1) is 5.82 Å². The second kappa shape index (κ2) is 5.43. The van der Waals surface area contributed by atoms with Crippen molar-refractivity contribution in [3.05, 3.63) is 49.3 Å². The van der Waals surface area contributed by atoms with E-state index < -0.39 is 0 Å². The monoisotopic (exact) mass is 359 g/mol. The Hall–Kier alpha value is -0.580. The van der Waals surface area contributed by atoms with E-state index in [1.165, 1.54) is 16.5 Å². The Morgan fingerprint density at radius 1 is 1.42 bits per heavy atom. The molecular formula is C14H12BrClFNS. The van der Waals surface area contributed by atoms with Gasteiger partial charge >= 0.3 is 0 Å². The molecule has 1 unspecified atom stereocenters. The topological polar surface area (TPSA) is 12.0 Å². The molecule has 1 atom stereocenters. The molecule has 0 radical (unpaired) electrons. The van der Waals surface area contributed by atoms with Crippen LogP contribution < -0.4 is 5.32 Å². The minimum atomic E-state index is -0.297. The fraction of sp³-hybridized carbons (Fsp3) is 0.286. The lowest BCUT2D eigenvalue weighted by molar-refractivity contribution is 0.592. The molecule has 5 heteroatoms. The average Bonchev–Trinajstić information content (AvgIpc) is 2.75. The molecule has 0 spiro atoms. The van der Waals surface area contributed by atoms with Gasteiger partial charge in [0.2, 0.25) is 0 Å². The van der Waals surface area contributed by atoms with Gasteiger partial charge in [-0.3, -0.25) is 0 Å². The van der Waals surface area contributed by atoms with E-state index in [0.717, 1.165) is 23.0 Å². The van der Waals surface area contributed by atoms with Crippen LogP contribution in [0.5, 0.6) is 0 Å². The minimum absolute atomic E-state index is 0.140. The highest BCUT2D eigenvalue weighted by Crippen LogP contribution is 2.40. The predicted octanol–water partition coefficient (Wildman–Crippen LogP) is 5.79. The van der Waals surface area contributed by atoms with Crippen molar-refractivity contribution in [2.24, 2.45) is 0 Å². The summed E-state index contributed by atoms with van der Waals surface area (Å²) in [6.07, 6.45) is 3.22. The van der Waals surface area contributed by atoms with Crippen molar-refractivity contribution in [1.82, 2.24) is 0 Å². The van der Waals surface area contributed by atoms with Crippen molar-refractivity contribution in [1.29, 1.82) is 0 Å². The van der Waals surface area contributed by atoms with Crippen LogP contribution in [0.15, 0.2) is 28.1 Å². The molecule has 1 N–H and O–H groups in total. The fourth-order valence-corrected chi connectivity index (χ4v) is 4.52. The van der Waals surface area contributed by atoms with Gasteiger partial charge in [-0.05, 0) is 59.0 Å². The molecule has 1 aromatic carbocycles. The Bertz CT molecular complexity index is 593. The second-order valence-electron chi connectivity index (χ2n) is 4.61. The molecule has 1 aliphatic carbocycles. The number of thiophene rings is 1. The summed E-state index contributed by atoms with van der Waals surface area (Å²) in [6.45, 7) is 0. The Labute approximate surface area is 128 Å². The normalized spacial score (nSPS) is 18.2. The third-order valence-electron chi connectivity index (χ3n) is 3.37. The lowest BCUT2D eigenvalue weighted by atomic mass is 9.94. The highest BCUT2D eigenvalue weighted by molar-refractivity contribution is 9.11. The maximum atomic E-state index is 13.8. The van der Waals surface area contributed by atoms with Gasteiger partial charge in [-0.1, -0.05) is 17.7 Å². The Balaban J connectivity index is 1.92. The van der Waals surface area contributed by atoms with Gasteiger partial charge in [-0.25, -0.2) is 4.39 Å². The number of nitrogens with one attached hydrogen (secondary N) is 1. The number of hydrogen-bond donors (Lipinski definition) is 1. The molecule has 0 fully saturated rings. The third kappa shape index (κ3) is 2.67. The molecule has 0 saturated carbocycles. The number of halogens is 3. The largest absolute Gasteiger partial charge is 0.375 e. The standard InChI is InChI=1S/C14H12BrClFNS/c15-13-7-8-11(5-2-6-12(8)19-13)18-14-9(16)3-1-4-10(14)17/h1,3-4,7,11,18H,2,5-6H2. The molecular weight excluding hydrogens is 349 g/mol. The van der Waals surface area contributed by atoms with Crippen LogP contribution in [0.2, 0.25) is 5.02 Å². The molecule has 19 heavy (non-hydrogen) atoms. The predicted molar refractivity (Wildman–Crippen MR) is 82.7 cm³/mol. The van der Waals surface area contributed by atoms with E-state index in [2.05, 4.69) is 27.3 Å². The first-order chi connectivity index (χ1) is 9.15. The summed E-state index contributed by atoms with van der Waals surface area (Å²) in [7, 11) is 0. The van der Waals surface area contributed by atoms with E-state index in [9.17, 15) is 4.39 Å². The highest BCUT2D eigenvalue weighted by atomic mass is 79.9. The van der Waals surface area contributed by atoms with Gasteiger partial charge in [0.25, 0.3) is 0 Å². The van der Waals surface area contributed by atoms with Crippen molar-refractivity contribution in [3.63, 3.8) is 0 Å². The number of anilines is 1. The summed E-state index contributed by atoms with van der Waals surface area (Å²) in [5.41, 5.74) is 1.67. The molecule has 1 aliphatic rings. The average molecular weight is 361 g/mol. The van der Waals surface area contributed by atoms with Gasteiger partial charge in [0.15, 0.2) is 0 Å². The molecule has 3 rings (SSSR count). The quantitative estimate of drug-likeness (QED) is 0.714. The van der Waals surface area contributed by atoms with Gasteiger partial charge in [0, 0.05) is 4.88 Å². The van der Waals surface area contributed by atoms with Crippen LogP contribution in [-0.2, 0) is 6.42 Å². The number of benzene rings is 1. The zero-order valence-electron chi connectivity index (χ0n) is 10.1. The second-order valence-corrected chi connectivity index (χ2v) is 7.54. The minimum Gasteiger partial charge on any atom is -0.375 e. The maximum absolute atomic E-state index is 13.8. The van der Waals surface area contributed by atoms with Crippen LogP contribution >= 0.6 is 38.9 Å². The van der Waals surface area contributed by atoms with Crippen LogP contribution in [0.4, 0.5) is 10.1 Å². The molecule has 0 aliphatic heterocycles. The first kappa shape index (κ1) is 13.4. The van der Waals surface area contributed by atoms with Crippen LogP contribution in [0.1, 0.15) is 29.3 Å². The van der Waals surface area contributed by atoms with Crippen LogP contribution in [0.3, 0.4) is 0 Å². The van der Waals surface area contributed by atoms with E-state index in [1.54, 1.807) is 23.5 Å². The first-order valence-corrected chi connectivity index (χ1v) is 8.12. The Morgan fingerprint density at radius 2 is 2.26 bits per heavy atom. The number of hydrogen-bond acceptors (Lipinski definition) is 2. The molecule has 2 aromatic rings. The van der Waals surface area contributed by atoms with E-state index in [0.29, 0.717) is 10.7 Å². The summed E-state index contributed by atoms with van der Waals surface area (Å²) in [6, 6.07) is 7.03. The lowest BCUT2D eigenvalue weighted by Crippen LogP contribution is -2.16. The molecule has 0 saturated heterocycles. The summed E-state index contributed by atoms with van der Waals surface area (Å²) < 4.78 is 15.0. The summed E-state index contributed by atoms with van der Waals surface area (Å²) >= 11 is 11.4. The van der Waals surface area contributed by atoms with Crippen molar-refractivity contribution in [3.8, 4) is 0 Å². The zero-order valence-corrected chi connectivity index (χ0v) is 13.2. The van der Waals surface area contributed by atoms with Gasteiger partial charge in [0.1, 0.15) is 5.82 Å². The van der Waals surface area contributed by atoms with Gasteiger partial charge in [-0.15, -0.1) is 11.3 Å². The summed E-state index contributed by atoms with van der Waals surface area (Å²) in [5, 5.41) is 3.70. The number of para-hydroxylation sites is 1. The van der Waals surface area contributed by atoms with Crippen molar-refractivity contribution < 1.29 is 4.39 Å². The third-order valence-corrected chi connectivity index (χ3v) is 5.39. The van der Waals surface area contributed by atoms with Crippen LogP contribution in [-0.4, -0.2) is 0 Å². The molecule has 0 amide bonds. The molecule has 1 heterocycles. The fourth-order valence-electron chi connectivity index (χ4n) is 2.48. The van der Waals surface area contributed by atoms with Crippen molar-refractivity contribution in [2.45, 2.75) is 25.3 Å². The number of aryl methyl sites for hydroxylation is 1. The maximum Gasteiger partial charge on any atom is 0.147 e. The van der Waals surface area contributed by atoms with Gasteiger partial charge in [-0.2, -0.15) is 0 Å². The number of rotatable bonds is 2. The molecule has 0 bridgehead atoms. The van der Waals surface area contributed by atoms with E-state index >= 15 is 0 Å². The smallest absolute Gasteiger partial charge is 0.147 e. The molecule has 1 nitrogen and oxygen atoms in total. The van der Waals surface area contributed by atoms with Crippen molar-refractivity contribution >= 4 is 44.6 Å². The van der Waals surface area contributed by atoms with Crippen molar-refractivity contribution in [2.75, 3.05) is 5.32 Å².